The molecule has 3 heterocycles. The van der Waals surface area contributed by atoms with Gasteiger partial charge >= 0.3 is 6.05 Å². The summed E-state index contributed by atoms with van der Waals surface area (Å²) >= 11 is 5.87. The zero-order valence-electron chi connectivity index (χ0n) is 11.2. The maximum Gasteiger partial charge on any atom is 0.354 e. The molecule has 0 aliphatic carbocycles. The Morgan fingerprint density at radius 2 is 1.91 bits per heavy atom. The molecule has 0 fully saturated rings. The van der Waals surface area contributed by atoms with Crippen molar-refractivity contribution in [2.45, 2.75) is 12.6 Å². The first-order valence-electron chi connectivity index (χ1n) is 6.59. The van der Waals surface area contributed by atoms with Crippen molar-refractivity contribution in [2.75, 3.05) is 4.90 Å². The lowest BCUT2D eigenvalue weighted by atomic mass is 10.1. The number of alkyl halides is 2. The quantitative estimate of drug-likeness (QED) is 0.506. The molecule has 0 bridgehead atoms. The first kappa shape index (κ1) is 13.3. The Labute approximate surface area is 129 Å². The number of hydrogen-bond donors (Lipinski definition) is 0. The van der Waals surface area contributed by atoms with Crippen LogP contribution < -0.4 is 4.90 Å². The number of halogens is 3. The van der Waals surface area contributed by atoms with E-state index in [0.717, 1.165) is 4.90 Å². The van der Waals surface area contributed by atoms with Crippen molar-refractivity contribution in [2.24, 2.45) is 0 Å². The lowest BCUT2D eigenvalue weighted by molar-refractivity contribution is 0.000715. The second-order valence-electron chi connectivity index (χ2n) is 4.98. The highest BCUT2D eigenvalue weighted by Crippen LogP contribution is 2.45. The minimum Gasteiger partial charge on any atom is -0.288 e. The van der Waals surface area contributed by atoms with Crippen molar-refractivity contribution >= 4 is 28.5 Å². The van der Waals surface area contributed by atoms with Crippen LogP contribution in [0.4, 0.5) is 14.6 Å². The van der Waals surface area contributed by atoms with Crippen molar-refractivity contribution in [3.8, 4) is 0 Å². The van der Waals surface area contributed by atoms with E-state index < -0.39 is 6.05 Å². The van der Waals surface area contributed by atoms with E-state index in [-0.39, 0.29) is 23.2 Å². The summed E-state index contributed by atoms with van der Waals surface area (Å²) in [7, 11) is 0. The fourth-order valence-corrected chi connectivity index (χ4v) is 2.86. The highest BCUT2D eigenvalue weighted by Gasteiger charge is 2.47. The van der Waals surface area contributed by atoms with Crippen molar-refractivity contribution in [3.05, 3.63) is 59.0 Å². The number of pyridine rings is 1. The fourth-order valence-electron chi connectivity index (χ4n) is 2.70. The summed E-state index contributed by atoms with van der Waals surface area (Å²) in [5.74, 6) is 0.0873. The van der Waals surface area contributed by atoms with Crippen LogP contribution in [0.25, 0.3) is 11.0 Å². The Morgan fingerprint density at radius 3 is 2.73 bits per heavy atom. The van der Waals surface area contributed by atoms with E-state index in [1.807, 2.05) is 0 Å². The first-order valence-corrected chi connectivity index (χ1v) is 6.97. The molecule has 0 atom stereocenters. The van der Waals surface area contributed by atoms with Gasteiger partial charge in [0.2, 0.25) is 5.28 Å². The second-order valence-corrected chi connectivity index (χ2v) is 5.31. The number of hydrogen-bond acceptors (Lipinski definition) is 4. The minimum atomic E-state index is -3.16. The maximum absolute atomic E-state index is 14.7. The van der Waals surface area contributed by atoms with Crippen LogP contribution in [0.15, 0.2) is 42.6 Å². The SMILES string of the molecule is FC1(F)c2ccccc2CN1c1nc(Cl)nc2ncccc12. The summed E-state index contributed by atoms with van der Waals surface area (Å²) in [5, 5.41) is 0.340. The van der Waals surface area contributed by atoms with Gasteiger partial charge in [-0.3, -0.25) is 4.90 Å². The molecule has 22 heavy (non-hydrogen) atoms. The molecule has 0 spiro atoms. The molecule has 1 aliphatic rings. The highest BCUT2D eigenvalue weighted by atomic mass is 35.5. The molecule has 0 unspecified atom stereocenters. The van der Waals surface area contributed by atoms with Crippen LogP contribution in [0.1, 0.15) is 11.1 Å². The van der Waals surface area contributed by atoms with Gasteiger partial charge in [-0.25, -0.2) is 4.98 Å². The molecule has 4 rings (SSSR count). The third-order valence-electron chi connectivity index (χ3n) is 3.69. The molecule has 0 amide bonds. The van der Waals surface area contributed by atoms with Crippen LogP contribution >= 0.6 is 11.6 Å². The summed E-state index contributed by atoms with van der Waals surface area (Å²) in [6.07, 6.45) is 1.53. The molecule has 1 aromatic carbocycles. The van der Waals surface area contributed by atoms with E-state index in [1.54, 1.807) is 30.3 Å². The van der Waals surface area contributed by atoms with Gasteiger partial charge in [-0.2, -0.15) is 18.7 Å². The van der Waals surface area contributed by atoms with Gasteiger partial charge in [-0.05, 0) is 29.3 Å². The van der Waals surface area contributed by atoms with Gasteiger partial charge in [0.15, 0.2) is 5.65 Å². The number of aromatic nitrogens is 3. The topological polar surface area (TPSA) is 41.9 Å². The van der Waals surface area contributed by atoms with Crippen LogP contribution in [-0.2, 0) is 12.6 Å². The van der Waals surface area contributed by atoms with Crippen molar-refractivity contribution < 1.29 is 8.78 Å². The minimum absolute atomic E-state index is 0.0122. The normalized spacial score (nSPS) is 16.0. The molecule has 2 aromatic heterocycles. The van der Waals surface area contributed by atoms with E-state index in [2.05, 4.69) is 15.0 Å². The molecule has 0 saturated carbocycles. The van der Waals surface area contributed by atoms with Crippen molar-refractivity contribution in [1.82, 2.24) is 15.0 Å². The number of benzene rings is 1. The van der Waals surface area contributed by atoms with Crippen LogP contribution in [0.5, 0.6) is 0 Å². The van der Waals surface area contributed by atoms with Crippen molar-refractivity contribution in [3.63, 3.8) is 0 Å². The van der Waals surface area contributed by atoms with Crippen LogP contribution in [0.3, 0.4) is 0 Å². The van der Waals surface area contributed by atoms with Crippen LogP contribution in [-0.4, -0.2) is 15.0 Å². The number of fused-ring (bicyclic) bond motifs is 2. The smallest absolute Gasteiger partial charge is 0.288 e. The molecule has 4 nitrogen and oxygen atoms in total. The maximum atomic E-state index is 14.7. The lowest BCUT2D eigenvalue weighted by Gasteiger charge is -2.26. The van der Waals surface area contributed by atoms with E-state index in [0.29, 0.717) is 16.6 Å². The molecule has 0 saturated heterocycles. The van der Waals surface area contributed by atoms with Gasteiger partial charge in [0.25, 0.3) is 0 Å². The predicted molar refractivity (Wildman–Crippen MR) is 78.9 cm³/mol. The standard InChI is InChI=1S/C15H9ClF2N4/c16-14-20-12-10(5-3-7-19-12)13(21-14)22-8-9-4-1-2-6-11(9)15(22,17)18/h1-7H,8H2. The zero-order valence-corrected chi connectivity index (χ0v) is 11.9. The Bertz CT molecular complexity index is 884. The molecular formula is C15H9ClF2N4. The zero-order chi connectivity index (χ0) is 15.3. The first-order chi connectivity index (χ1) is 10.6. The third-order valence-corrected chi connectivity index (χ3v) is 3.86. The van der Waals surface area contributed by atoms with Crippen LogP contribution in [0, 0.1) is 0 Å². The Morgan fingerprint density at radius 1 is 1.09 bits per heavy atom. The van der Waals surface area contributed by atoms with Crippen LogP contribution in [0.2, 0.25) is 5.28 Å². The van der Waals surface area contributed by atoms with Gasteiger partial charge < -0.3 is 0 Å². The third kappa shape index (κ3) is 1.84. The fraction of sp³-hybridized carbons (Fsp3) is 0.133. The monoisotopic (exact) mass is 318 g/mol. The van der Waals surface area contributed by atoms with E-state index in [9.17, 15) is 8.78 Å². The Kier molecular flexibility index (Phi) is 2.77. The average molecular weight is 319 g/mol. The summed E-state index contributed by atoms with van der Waals surface area (Å²) in [6.45, 7) is 0.0561. The molecule has 3 aromatic rings. The lowest BCUT2D eigenvalue weighted by Crippen LogP contribution is -2.33. The van der Waals surface area contributed by atoms with Gasteiger partial charge in [0.1, 0.15) is 5.82 Å². The molecule has 0 radical (unpaired) electrons. The summed E-state index contributed by atoms with van der Waals surface area (Å²) < 4.78 is 29.5. The molecule has 110 valence electrons. The van der Waals surface area contributed by atoms with Gasteiger partial charge in [0, 0.05) is 11.8 Å². The Hall–Kier alpha value is -2.34. The molecular weight excluding hydrogens is 310 g/mol. The van der Waals surface area contributed by atoms with E-state index in [1.165, 1.54) is 12.3 Å². The Balaban J connectivity index is 1.94. The number of rotatable bonds is 1. The number of anilines is 1. The van der Waals surface area contributed by atoms with Crippen molar-refractivity contribution in [1.29, 1.82) is 0 Å². The largest absolute Gasteiger partial charge is 0.354 e. The predicted octanol–water partition coefficient (Wildman–Crippen LogP) is 3.75. The second kappa shape index (κ2) is 4.58. The molecule has 7 heteroatoms. The van der Waals surface area contributed by atoms with E-state index in [4.69, 9.17) is 11.6 Å². The molecule has 0 N–H and O–H groups in total. The van der Waals surface area contributed by atoms with Gasteiger partial charge in [0.05, 0.1) is 11.9 Å². The van der Waals surface area contributed by atoms with Gasteiger partial charge in [-0.1, -0.05) is 24.3 Å². The van der Waals surface area contributed by atoms with Gasteiger partial charge in [-0.15, -0.1) is 0 Å². The summed E-state index contributed by atoms with van der Waals surface area (Å²) in [4.78, 5) is 13.0. The van der Waals surface area contributed by atoms with E-state index >= 15 is 0 Å². The summed E-state index contributed by atoms with van der Waals surface area (Å²) in [5.41, 5.74) is 0.852. The summed E-state index contributed by atoms with van der Waals surface area (Å²) in [6, 6.07) is 6.62. The average Bonchev–Trinajstić information content (AvgIpc) is 2.78. The highest BCUT2D eigenvalue weighted by molar-refractivity contribution is 6.28. The number of nitrogens with zero attached hydrogens (tertiary/aromatic N) is 4. The molecule has 1 aliphatic heterocycles.